The molecule has 2 amide bonds. The maximum atomic E-state index is 11.6. The van der Waals surface area contributed by atoms with Crippen molar-refractivity contribution in [2.45, 2.75) is 52.4 Å². The van der Waals surface area contributed by atoms with Crippen LogP contribution in [0.5, 0.6) is 0 Å². The first-order valence-electron chi connectivity index (χ1n) is 8.70. The molecule has 7 nitrogen and oxygen atoms in total. The fourth-order valence-electron chi connectivity index (χ4n) is 1.96. The summed E-state index contributed by atoms with van der Waals surface area (Å²) in [6, 6.07) is 0. The number of nitrogens with one attached hydrogen (secondary N) is 1. The Labute approximate surface area is 144 Å². The number of ether oxygens (including phenoxy) is 2. The molecule has 0 fully saturated rings. The second-order valence-electron chi connectivity index (χ2n) is 5.81. The number of carbonyl (C=O) groups excluding carboxylic acids is 3. The third-order valence-corrected chi connectivity index (χ3v) is 3.60. The molecule has 0 saturated carbocycles. The van der Waals surface area contributed by atoms with Crippen LogP contribution in [0.15, 0.2) is 0 Å². The van der Waals surface area contributed by atoms with E-state index in [0.29, 0.717) is 39.2 Å². The number of primary amides is 1. The second-order valence-corrected chi connectivity index (χ2v) is 5.81. The zero-order valence-corrected chi connectivity index (χ0v) is 15.0. The van der Waals surface area contributed by atoms with Crippen molar-refractivity contribution in [1.82, 2.24) is 5.32 Å². The molecule has 7 heteroatoms. The number of Topliss-reactive ketones (excluding diaryl/α,β-unsaturated/α-hetero) is 1. The van der Waals surface area contributed by atoms with Crippen molar-refractivity contribution < 1.29 is 23.9 Å². The number of hydrogen-bond donors (Lipinski definition) is 2. The fourth-order valence-corrected chi connectivity index (χ4v) is 1.96. The predicted octanol–water partition coefficient (Wildman–Crippen LogP) is 1.19. The summed E-state index contributed by atoms with van der Waals surface area (Å²) in [7, 11) is 0. The van der Waals surface area contributed by atoms with E-state index in [-0.39, 0.29) is 30.1 Å². The molecule has 0 heterocycles. The van der Waals surface area contributed by atoms with Crippen LogP contribution in [-0.2, 0) is 23.9 Å². The Morgan fingerprint density at radius 3 is 2.42 bits per heavy atom. The van der Waals surface area contributed by atoms with Gasteiger partial charge in [-0.3, -0.25) is 14.4 Å². The van der Waals surface area contributed by atoms with Gasteiger partial charge in [0.1, 0.15) is 6.61 Å². The Kier molecular flexibility index (Phi) is 14.2. The van der Waals surface area contributed by atoms with Gasteiger partial charge in [0, 0.05) is 25.3 Å². The van der Waals surface area contributed by atoms with E-state index in [1.54, 1.807) is 6.92 Å². The molecular weight excluding hydrogens is 312 g/mol. The summed E-state index contributed by atoms with van der Waals surface area (Å²) in [5.41, 5.74) is 5.19. The van der Waals surface area contributed by atoms with E-state index >= 15 is 0 Å². The van der Waals surface area contributed by atoms with Gasteiger partial charge >= 0.3 is 0 Å². The maximum Gasteiger partial charge on any atom is 0.220 e. The first kappa shape index (κ1) is 22.5. The number of unbranched alkanes of at least 4 members (excludes halogenated alkanes) is 2. The van der Waals surface area contributed by atoms with Gasteiger partial charge in [-0.1, -0.05) is 26.7 Å². The van der Waals surface area contributed by atoms with Crippen LogP contribution in [0.1, 0.15) is 52.4 Å². The van der Waals surface area contributed by atoms with Crippen molar-refractivity contribution in [3.63, 3.8) is 0 Å². The van der Waals surface area contributed by atoms with Crippen LogP contribution in [0, 0.1) is 5.92 Å². The van der Waals surface area contributed by atoms with E-state index in [1.807, 2.05) is 6.92 Å². The number of ketones is 1. The highest BCUT2D eigenvalue weighted by molar-refractivity contribution is 5.79. The average molecular weight is 344 g/mol. The largest absolute Gasteiger partial charge is 0.377 e. The highest BCUT2D eigenvalue weighted by atomic mass is 16.5. The lowest BCUT2D eigenvalue weighted by molar-refractivity contribution is -0.124. The van der Waals surface area contributed by atoms with Crippen molar-refractivity contribution in [2.75, 3.05) is 33.0 Å². The van der Waals surface area contributed by atoms with E-state index in [2.05, 4.69) is 5.32 Å². The van der Waals surface area contributed by atoms with Crippen LogP contribution in [0.4, 0.5) is 0 Å². The van der Waals surface area contributed by atoms with Gasteiger partial charge < -0.3 is 20.5 Å². The Hall–Kier alpha value is -1.47. The molecule has 0 aliphatic heterocycles. The minimum atomic E-state index is -0.269. The zero-order valence-electron chi connectivity index (χ0n) is 15.0. The van der Waals surface area contributed by atoms with E-state index in [1.165, 1.54) is 0 Å². The summed E-state index contributed by atoms with van der Waals surface area (Å²) in [6.07, 6.45) is 4.36. The minimum Gasteiger partial charge on any atom is -0.377 e. The second kappa shape index (κ2) is 15.1. The molecule has 0 aromatic rings. The third kappa shape index (κ3) is 14.1. The average Bonchev–Trinajstić information content (AvgIpc) is 2.56. The molecule has 0 aromatic heterocycles. The lowest BCUT2D eigenvalue weighted by Gasteiger charge is -2.07. The fraction of sp³-hybridized carbons (Fsp3) is 0.824. The molecule has 0 aromatic carbocycles. The summed E-state index contributed by atoms with van der Waals surface area (Å²) in [5, 5.41) is 2.70. The first-order chi connectivity index (χ1) is 11.5. The molecule has 1 atom stereocenters. The Morgan fingerprint density at radius 2 is 1.75 bits per heavy atom. The quantitative estimate of drug-likeness (QED) is 0.409. The van der Waals surface area contributed by atoms with Gasteiger partial charge in [-0.2, -0.15) is 0 Å². The minimum absolute atomic E-state index is 0.00420. The predicted molar refractivity (Wildman–Crippen MR) is 91.4 cm³/mol. The highest BCUT2D eigenvalue weighted by Gasteiger charge is 2.08. The Balaban J connectivity index is 3.32. The van der Waals surface area contributed by atoms with E-state index in [4.69, 9.17) is 15.2 Å². The third-order valence-electron chi connectivity index (χ3n) is 3.60. The van der Waals surface area contributed by atoms with Crippen molar-refractivity contribution >= 4 is 17.6 Å². The van der Waals surface area contributed by atoms with Crippen LogP contribution in [0.3, 0.4) is 0 Å². The maximum absolute atomic E-state index is 11.6. The lowest BCUT2D eigenvalue weighted by Crippen LogP contribution is -2.26. The van der Waals surface area contributed by atoms with Gasteiger partial charge in [-0.15, -0.1) is 0 Å². The summed E-state index contributed by atoms with van der Waals surface area (Å²) >= 11 is 0. The van der Waals surface area contributed by atoms with E-state index in [9.17, 15) is 14.4 Å². The SMILES string of the molecule is CCC(=O)NCCOCCOCC(=O)CCCCC[C@H](C)C(N)=O. The summed E-state index contributed by atoms with van der Waals surface area (Å²) in [4.78, 5) is 33.4. The smallest absolute Gasteiger partial charge is 0.220 e. The lowest BCUT2D eigenvalue weighted by atomic mass is 10.0. The Bertz CT molecular complexity index is 374. The molecule has 0 spiro atoms. The topological polar surface area (TPSA) is 108 Å². The number of carbonyl (C=O) groups is 3. The first-order valence-corrected chi connectivity index (χ1v) is 8.70. The summed E-state index contributed by atoms with van der Waals surface area (Å²) < 4.78 is 10.5. The van der Waals surface area contributed by atoms with Gasteiger partial charge in [0.25, 0.3) is 0 Å². The molecule has 0 unspecified atom stereocenters. The monoisotopic (exact) mass is 344 g/mol. The number of hydrogen-bond acceptors (Lipinski definition) is 5. The van der Waals surface area contributed by atoms with E-state index < -0.39 is 0 Å². The molecule has 0 radical (unpaired) electrons. The highest BCUT2D eigenvalue weighted by Crippen LogP contribution is 2.10. The zero-order chi connectivity index (χ0) is 18.2. The molecule has 0 aliphatic carbocycles. The normalized spacial score (nSPS) is 11.9. The van der Waals surface area contributed by atoms with Crippen molar-refractivity contribution in [1.29, 1.82) is 0 Å². The summed E-state index contributed by atoms with van der Waals surface area (Å²) in [5.74, 6) is -0.286. The van der Waals surface area contributed by atoms with Crippen LogP contribution < -0.4 is 11.1 Å². The van der Waals surface area contributed by atoms with Gasteiger partial charge in [-0.25, -0.2) is 0 Å². The van der Waals surface area contributed by atoms with Crippen LogP contribution in [0.2, 0.25) is 0 Å². The van der Waals surface area contributed by atoms with Crippen LogP contribution in [0.25, 0.3) is 0 Å². The summed E-state index contributed by atoms with van der Waals surface area (Å²) in [6.45, 7) is 5.41. The molecule has 0 bridgehead atoms. The van der Waals surface area contributed by atoms with Gasteiger partial charge in [0.05, 0.1) is 19.8 Å². The number of amides is 2. The van der Waals surface area contributed by atoms with Crippen LogP contribution in [-0.4, -0.2) is 50.6 Å². The number of nitrogens with two attached hydrogens (primary N) is 1. The van der Waals surface area contributed by atoms with Crippen molar-refractivity contribution in [3.05, 3.63) is 0 Å². The molecule has 140 valence electrons. The van der Waals surface area contributed by atoms with Crippen molar-refractivity contribution in [3.8, 4) is 0 Å². The number of rotatable bonds is 16. The van der Waals surface area contributed by atoms with E-state index in [0.717, 1.165) is 25.7 Å². The Morgan fingerprint density at radius 1 is 1.04 bits per heavy atom. The van der Waals surface area contributed by atoms with Crippen molar-refractivity contribution in [2.24, 2.45) is 11.7 Å². The standard InChI is InChI=1S/C17H32N2O5/c1-3-16(21)19-9-10-23-11-12-24-13-15(20)8-6-4-5-7-14(2)17(18)22/h14H,3-13H2,1-2H3,(H2,18,22)(H,19,21)/t14-/m0/s1. The molecular formula is C17H32N2O5. The molecule has 0 aliphatic rings. The molecule has 3 N–H and O–H groups in total. The molecule has 0 saturated heterocycles. The van der Waals surface area contributed by atoms with Gasteiger partial charge in [0.2, 0.25) is 11.8 Å². The van der Waals surface area contributed by atoms with Gasteiger partial charge in [-0.05, 0) is 12.8 Å². The molecule has 0 rings (SSSR count). The molecule has 24 heavy (non-hydrogen) atoms. The van der Waals surface area contributed by atoms with Gasteiger partial charge in [0.15, 0.2) is 5.78 Å². The van der Waals surface area contributed by atoms with Crippen LogP contribution >= 0.6 is 0 Å².